The van der Waals surface area contributed by atoms with Gasteiger partial charge in [-0.25, -0.2) is 4.79 Å². The van der Waals surface area contributed by atoms with Crippen LogP contribution in [0.2, 0.25) is 0 Å². The molecule has 0 bridgehead atoms. The van der Waals surface area contributed by atoms with Gasteiger partial charge in [0.05, 0.1) is 11.7 Å². The third-order valence-corrected chi connectivity index (χ3v) is 3.96. The van der Waals surface area contributed by atoms with Crippen molar-refractivity contribution in [3.05, 3.63) is 29.2 Å². The predicted octanol–water partition coefficient (Wildman–Crippen LogP) is 2.15. The Morgan fingerprint density at radius 3 is 2.75 bits per heavy atom. The van der Waals surface area contributed by atoms with Crippen LogP contribution in [0.4, 0.5) is 10.6 Å². The van der Waals surface area contributed by atoms with Crippen molar-refractivity contribution < 1.29 is 9.53 Å². The van der Waals surface area contributed by atoms with Crippen molar-refractivity contribution in [1.82, 2.24) is 24.9 Å². The Hall–Kier alpha value is -2.35. The quantitative estimate of drug-likeness (QED) is 0.760. The van der Waals surface area contributed by atoms with Gasteiger partial charge in [-0.05, 0) is 27.2 Å². The van der Waals surface area contributed by atoms with Crippen LogP contribution in [0.15, 0.2) is 12.3 Å². The van der Waals surface area contributed by atoms with Crippen molar-refractivity contribution in [2.45, 2.75) is 39.8 Å². The van der Waals surface area contributed by atoms with Gasteiger partial charge in [-0.1, -0.05) is 0 Å². The number of nitrogens with zero attached hydrogens (tertiary/aromatic N) is 4. The fourth-order valence-electron chi connectivity index (χ4n) is 2.76. The SMILES string of the molecule is COCCCn1ccc(NC(=O)N[C@@H](C)c2c(C)nn(C)c2C)n1. The lowest BCUT2D eigenvalue weighted by molar-refractivity contribution is 0.189. The summed E-state index contributed by atoms with van der Waals surface area (Å²) in [4.78, 5) is 12.2. The molecule has 0 spiro atoms. The topological polar surface area (TPSA) is 86.0 Å². The minimum atomic E-state index is -0.285. The number of ether oxygens (including phenoxy) is 1. The molecule has 2 amide bonds. The van der Waals surface area contributed by atoms with E-state index in [9.17, 15) is 4.79 Å². The highest BCUT2D eigenvalue weighted by molar-refractivity contribution is 5.88. The van der Waals surface area contributed by atoms with Crippen LogP contribution in [0.5, 0.6) is 0 Å². The van der Waals surface area contributed by atoms with Gasteiger partial charge in [-0.2, -0.15) is 10.2 Å². The number of carbonyl (C=O) groups is 1. The molecule has 0 aliphatic heterocycles. The average molecular weight is 334 g/mol. The number of aryl methyl sites for hydroxylation is 3. The van der Waals surface area contributed by atoms with Crippen LogP contribution in [0.3, 0.4) is 0 Å². The Bertz CT molecular complexity index is 691. The van der Waals surface area contributed by atoms with Crippen molar-refractivity contribution in [2.24, 2.45) is 7.05 Å². The molecule has 24 heavy (non-hydrogen) atoms. The molecule has 0 unspecified atom stereocenters. The first-order valence-corrected chi connectivity index (χ1v) is 8.02. The van der Waals surface area contributed by atoms with Gasteiger partial charge in [0.2, 0.25) is 0 Å². The highest BCUT2D eigenvalue weighted by Crippen LogP contribution is 2.20. The van der Waals surface area contributed by atoms with Crippen molar-refractivity contribution in [1.29, 1.82) is 0 Å². The number of urea groups is 1. The average Bonchev–Trinajstić information content (AvgIpc) is 3.04. The summed E-state index contributed by atoms with van der Waals surface area (Å²) in [6, 6.07) is 1.35. The summed E-state index contributed by atoms with van der Waals surface area (Å²) >= 11 is 0. The largest absolute Gasteiger partial charge is 0.385 e. The minimum Gasteiger partial charge on any atom is -0.385 e. The van der Waals surface area contributed by atoms with Gasteiger partial charge in [0.1, 0.15) is 0 Å². The number of hydrogen-bond donors (Lipinski definition) is 2. The van der Waals surface area contributed by atoms with Gasteiger partial charge in [0.25, 0.3) is 0 Å². The molecule has 0 saturated carbocycles. The first-order chi connectivity index (χ1) is 11.4. The number of amides is 2. The van der Waals surface area contributed by atoms with Crippen LogP contribution in [-0.4, -0.2) is 39.3 Å². The van der Waals surface area contributed by atoms with E-state index in [4.69, 9.17) is 4.74 Å². The second-order valence-corrected chi connectivity index (χ2v) is 5.84. The molecule has 132 valence electrons. The van der Waals surface area contributed by atoms with E-state index in [-0.39, 0.29) is 12.1 Å². The number of methoxy groups -OCH3 is 1. The number of nitrogens with one attached hydrogen (secondary N) is 2. The summed E-state index contributed by atoms with van der Waals surface area (Å²) in [6.07, 6.45) is 2.71. The maximum absolute atomic E-state index is 12.2. The van der Waals surface area contributed by atoms with E-state index in [2.05, 4.69) is 20.8 Å². The van der Waals surface area contributed by atoms with Gasteiger partial charge in [0.15, 0.2) is 5.82 Å². The van der Waals surface area contributed by atoms with Crippen LogP contribution in [0.25, 0.3) is 0 Å². The fourth-order valence-corrected chi connectivity index (χ4v) is 2.76. The molecule has 8 heteroatoms. The number of hydrogen-bond acceptors (Lipinski definition) is 4. The molecule has 0 fully saturated rings. The summed E-state index contributed by atoms with van der Waals surface area (Å²) in [5.41, 5.74) is 3.01. The number of anilines is 1. The molecule has 0 radical (unpaired) electrons. The second kappa shape index (κ2) is 7.96. The van der Waals surface area contributed by atoms with Gasteiger partial charge in [-0.15, -0.1) is 0 Å². The zero-order valence-electron chi connectivity index (χ0n) is 15.0. The molecule has 1 atom stereocenters. The summed E-state index contributed by atoms with van der Waals surface area (Å²) in [5.74, 6) is 0.525. The molecule has 2 N–H and O–H groups in total. The standard InChI is InChI=1S/C16H26N6O2/c1-11(15-12(2)19-21(4)13(15)3)17-16(23)18-14-7-9-22(20-14)8-6-10-24-5/h7,9,11H,6,8,10H2,1-5H3,(H2,17,18,20,23)/t11-/m0/s1. The van der Waals surface area contributed by atoms with Crippen LogP contribution < -0.4 is 10.6 Å². The summed E-state index contributed by atoms with van der Waals surface area (Å²) < 4.78 is 8.62. The van der Waals surface area contributed by atoms with Crippen LogP contribution in [-0.2, 0) is 18.3 Å². The Morgan fingerprint density at radius 1 is 1.38 bits per heavy atom. The first kappa shape index (κ1) is 18.0. The predicted molar refractivity (Wildman–Crippen MR) is 92.0 cm³/mol. The minimum absolute atomic E-state index is 0.137. The number of carbonyl (C=O) groups excluding carboxylic acids is 1. The first-order valence-electron chi connectivity index (χ1n) is 8.02. The molecule has 2 rings (SSSR count). The van der Waals surface area contributed by atoms with Crippen LogP contribution in [0, 0.1) is 13.8 Å². The van der Waals surface area contributed by atoms with Gasteiger partial charge < -0.3 is 10.1 Å². The van der Waals surface area contributed by atoms with Gasteiger partial charge in [-0.3, -0.25) is 14.7 Å². The van der Waals surface area contributed by atoms with E-state index >= 15 is 0 Å². The Kier molecular flexibility index (Phi) is 5.97. The lowest BCUT2D eigenvalue weighted by Crippen LogP contribution is -2.31. The molecule has 2 aromatic heterocycles. The Labute approximate surface area is 142 Å². The van der Waals surface area contributed by atoms with Crippen molar-refractivity contribution in [3.8, 4) is 0 Å². The second-order valence-electron chi connectivity index (χ2n) is 5.84. The van der Waals surface area contributed by atoms with Crippen molar-refractivity contribution >= 4 is 11.8 Å². The van der Waals surface area contributed by atoms with Crippen molar-refractivity contribution in [3.63, 3.8) is 0 Å². The molecule has 0 aromatic carbocycles. The third kappa shape index (κ3) is 4.35. The Morgan fingerprint density at radius 2 is 2.12 bits per heavy atom. The summed E-state index contributed by atoms with van der Waals surface area (Å²) in [5, 5.41) is 14.4. The van der Waals surface area contributed by atoms with E-state index in [1.807, 2.05) is 38.7 Å². The van der Waals surface area contributed by atoms with E-state index in [1.54, 1.807) is 17.9 Å². The zero-order valence-corrected chi connectivity index (χ0v) is 15.0. The highest BCUT2D eigenvalue weighted by atomic mass is 16.5. The van der Waals surface area contributed by atoms with Crippen LogP contribution in [0.1, 0.15) is 36.3 Å². The molecule has 0 saturated heterocycles. The summed E-state index contributed by atoms with van der Waals surface area (Å²) in [6.45, 7) is 7.32. The van der Waals surface area contributed by atoms with E-state index < -0.39 is 0 Å². The molecule has 2 heterocycles. The van der Waals surface area contributed by atoms with Crippen molar-refractivity contribution in [2.75, 3.05) is 19.0 Å². The zero-order chi connectivity index (χ0) is 17.7. The van der Waals surface area contributed by atoms with E-state index in [1.165, 1.54) is 0 Å². The third-order valence-electron chi connectivity index (χ3n) is 3.96. The molecule has 0 aliphatic carbocycles. The smallest absolute Gasteiger partial charge is 0.320 e. The number of aromatic nitrogens is 4. The molecule has 2 aromatic rings. The number of rotatable bonds is 7. The lowest BCUT2D eigenvalue weighted by Gasteiger charge is -2.14. The summed E-state index contributed by atoms with van der Waals surface area (Å²) in [7, 11) is 3.57. The lowest BCUT2D eigenvalue weighted by atomic mass is 10.1. The normalized spacial score (nSPS) is 12.2. The van der Waals surface area contributed by atoms with E-state index in [0.29, 0.717) is 12.4 Å². The molecule has 0 aliphatic rings. The Balaban J connectivity index is 1.91. The fraction of sp³-hybridized carbons (Fsp3) is 0.562. The van der Waals surface area contributed by atoms with Gasteiger partial charge in [0, 0.05) is 50.8 Å². The molecule has 8 nitrogen and oxygen atoms in total. The molecular weight excluding hydrogens is 308 g/mol. The monoisotopic (exact) mass is 334 g/mol. The van der Waals surface area contributed by atoms with Crippen LogP contribution >= 0.6 is 0 Å². The highest BCUT2D eigenvalue weighted by Gasteiger charge is 2.18. The van der Waals surface area contributed by atoms with Gasteiger partial charge >= 0.3 is 6.03 Å². The maximum atomic E-state index is 12.2. The maximum Gasteiger partial charge on any atom is 0.320 e. The molecular formula is C16H26N6O2. The van der Waals surface area contributed by atoms with E-state index in [0.717, 1.165) is 29.9 Å².